The van der Waals surface area contributed by atoms with E-state index in [-0.39, 0.29) is 34.6 Å². The number of fused-ring (bicyclic) bond motifs is 1. The number of carbonyl (C=O) groups excluding carboxylic acids is 3. The summed E-state index contributed by atoms with van der Waals surface area (Å²) >= 11 is 3.48. The lowest BCUT2D eigenvalue weighted by molar-refractivity contribution is -0.150. The van der Waals surface area contributed by atoms with Gasteiger partial charge in [0.1, 0.15) is 29.4 Å². The summed E-state index contributed by atoms with van der Waals surface area (Å²) in [5.74, 6) is -2.67. The number of nitrogens with zero attached hydrogens (tertiary/aromatic N) is 3. The summed E-state index contributed by atoms with van der Waals surface area (Å²) in [6.07, 6.45) is 1.63. The number of aliphatic carboxylic acids is 1. The van der Waals surface area contributed by atoms with Gasteiger partial charge in [-0.1, -0.05) is 5.16 Å². The molecule has 12 nitrogen and oxygen atoms in total. The first-order chi connectivity index (χ1) is 15.3. The van der Waals surface area contributed by atoms with Crippen molar-refractivity contribution >= 4 is 69.5 Å². The number of amides is 2. The Labute approximate surface area is 192 Å². The number of carboxylic acids is 1. The van der Waals surface area contributed by atoms with E-state index in [9.17, 15) is 29.5 Å². The van der Waals surface area contributed by atoms with E-state index in [1.54, 1.807) is 6.08 Å². The minimum Gasteiger partial charge on any atom is -0.477 e. The Bertz CT molecular complexity index is 1110. The fourth-order valence-electron chi connectivity index (χ4n) is 3.20. The monoisotopic (exact) mass is 497 g/mol. The molecule has 3 aliphatic rings. The molecule has 4 rings (SSSR count). The first-order valence-electron chi connectivity index (χ1n) is 8.96. The van der Waals surface area contributed by atoms with Gasteiger partial charge in [0, 0.05) is 27.4 Å². The molecule has 0 bridgehead atoms. The van der Waals surface area contributed by atoms with Crippen LogP contribution in [0.3, 0.4) is 0 Å². The first kappa shape index (κ1) is 22.2. The molecule has 15 heteroatoms. The Morgan fingerprint density at radius 3 is 2.81 bits per heavy atom. The zero-order chi connectivity index (χ0) is 23.0. The Morgan fingerprint density at radius 1 is 1.44 bits per heavy atom. The van der Waals surface area contributed by atoms with Gasteiger partial charge in [0.15, 0.2) is 10.8 Å². The molecule has 2 amide bonds. The zero-order valence-electron chi connectivity index (χ0n) is 16.0. The molecule has 1 aromatic rings. The second kappa shape index (κ2) is 8.84. The number of carbonyl (C=O) groups is 4. The van der Waals surface area contributed by atoms with E-state index in [0.717, 1.165) is 28.0 Å². The van der Waals surface area contributed by atoms with Crippen molar-refractivity contribution in [3.63, 3.8) is 0 Å². The van der Waals surface area contributed by atoms with E-state index in [2.05, 4.69) is 15.5 Å². The molecule has 0 aliphatic carbocycles. The van der Waals surface area contributed by atoms with E-state index >= 15 is 0 Å². The molecule has 0 aromatic carbocycles. The van der Waals surface area contributed by atoms with Crippen molar-refractivity contribution < 1.29 is 34.2 Å². The molecular weight excluding hydrogens is 482 g/mol. The molecule has 32 heavy (non-hydrogen) atoms. The lowest BCUT2D eigenvalue weighted by atomic mass is 10.0. The predicted molar refractivity (Wildman–Crippen MR) is 116 cm³/mol. The maximum atomic E-state index is 12.7. The lowest BCUT2D eigenvalue weighted by Gasteiger charge is -2.49. The first-order valence-corrected chi connectivity index (χ1v) is 11.9. The van der Waals surface area contributed by atoms with Gasteiger partial charge in [0.05, 0.1) is 0 Å². The number of esters is 1. The van der Waals surface area contributed by atoms with Gasteiger partial charge in [-0.2, -0.15) is 0 Å². The van der Waals surface area contributed by atoms with Crippen LogP contribution in [0.1, 0.15) is 5.69 Å². The molecule has 0 saturated carbocycles. The second-order valence-corrected chi connectivity index (χ2v) is 9.64. The highest BCUT2D eigenvalue weighted by Gasteiger charge is 2.54. The van der Waals surface area contributed by atoms with Crippen molar-refractivity contribution in [3.8, 4) is 0 Å². The molecular formula is C17H15N5O7S3. The van der Waals surface area contributed by atoms with Crippen LogP contribution < -0.4 is 11.1 Å². The molecule has 0 radical (unpaired) electrons. The number of hydrogen-bond acceptors (Lipinski definition) is 12. The fourth-order valence-corrected chi connectivity index (χ4v) is 6.36. The van der Waals surface area contributed by atoms with Crippen molar-refractivity contribution in [1.82, 2.24) is 15.2 Å². The standard InChI is InChI=1S/C17H15N5O7S3/c18-17-19-7(4-32-17)9(21-28)12(23)20-10-13(24)22-11(15(25)26)8(5-31-14(10)22)30-3-6-1-2-29-16(6)27/h1,4,10,14,28H,2-3,5H2,(H2,18,19)(H,20,23)(H,25,26)/b21-9+/t10-,14-/m1/s1. The number of β-lactam (4-membered cyclic amide) rings is 1. The number of oxime groups is 1. The number of ether oxygens (including phenoxy) is 1. The van der Waals surface area contributed by atoms with Gasteiger partial charge < -0.3 is 26.1 Å². The Kier molecular flexibility index (Phi) is 6.12. The summed E-state index contributed by atoms with van der Waals surface area (Å²) < 4.78 is 4.83. The molecule has 5 N–H and O–H groups in total. The largest absolute Gasteiger partial charge is 0.477 e. The van der Waals surface area contributed by atoms with Crippen LogP contribution >= 0.6 is 34.9 Å². The number of hydrogen-bond donors (Lipinski definition) is 4. The second-order valence-electron chi connectivity index (χ2n) is 6.57. The summed E-state index contributed by atoms with van der Waals surface area (Å²) in [6.45, 7) is 0.189. The summed E-state index contributed by atoms with van der Waals surface area (Å²) in [6, 6.07) is -1.01. The Morgan fingerprint density at radius 2 is 2.22 bits per heavy atom. The van der Waals surface area contributed by atoms with E-state index in [0.29, 0.717) is 10.5 Å². The maximum Gasteiger partial charge on any atom is 0.353 e. The lowest BCUT2D eigenvalue weighted by Crippen LogP contribution is -2.71. The SMILES string of the molecule is Nc1nc(/C(=N\O)C(=O)N[C@@H]2C(=O)N3C(C(=O)O)=C(SCC4=CCOC4=O)CS[C@H]23)cs1. The molecule has 168 valence electrons. The van der Waals surface area contributed by atoms with Crippen molar-refractivity contribution in [2.24, 2.45) is 5.16 Å². The van der Waals surface area contributed by atoms with Crippen molar-refractivity contribution in [1.29, 1.82) is 0 Å². The van der Waals surface area contributed by atoms with Crippen LogP contribution in [0.2, 0.25) is 0 Å². The normalized spacial score (nSPS) is 22.8. The summed E-state index contributed by atoms with van der Waals surface area (Å²) in [4.78, 5) is 54.2. The van der Waals surface area contributed by atoms with Gasteiger partial charge in [-0.05, 0) is 6.08 Å². The molecule has 2 atom stereocenters. The molecule has 3 aliphatic heterocycles. The third-order valence-corrected chi connectivity index (χ3v) is 7.99. The number of nitrogens with two attached hydrogens (primary N) is 1. The van der Waals surface area contributed by atoms with Crippen LogP contribution in [0.4, 0.5) is 5.13 Å². The molecule has 0 spiro atoms. The Hall–Kier alpha value is -3.04. The number of thioether (sulfide) groups is 2. The average Bonchev–Trinajstić information content (AvgIpc) is 3.37. The number of cyclic esters (lactones) is 1. The van der Waals surface area contributed by atoms with Gasteiger partial charge in [-0.15, -0.1) is 34.9 Å². The van der Waals surface area contributed by atoms with Gasteiger partial charge >= 0.3 is 11.9 Å². The number of rotatable bonds is 7. The molecule has 0 unspecified atom stereocenters. The minimum atomic E-state index is -1.28. The van der Waals surface area contributed by atoms with E-state index in [1.165, 1.54) is 17.1 Å². The van der Waals surface area contributed by atoms with E-state index in [1.807, 2.05) is 0 Å². The number of anilines is 1. The predicted octanol–water partition coefficient (Wildman–Crippen LogP) is -0.184. The van der Waals surface area contributed by atoms with Crippen LogP contribution in [0.5, 0.6) is 0 Å². The van der Waals surface area contributed by atoms with Crippen LogP contribution in [0.25, 0.3) is 0 Å². The smallest absolute Gasteiger partial charge is 0.353 e. The third kappa shape index (κ3) is 3.93. The molecule has 4 heterocycles. The molecule has 1 aromatic heterocycles. The van der Waals surface area contributed by atoms with Crippen LogP contribution in [-0.4, -0.2) is 79.2 Å². The minimum absolute atomic E-state index is 0.0528. The Balaban J connectivity index is 1.47. The van der Waals surface area contributed by atoms with E-state index < -0.39 is 40.9 Å². The topological polar surface area (TPSA) is 185 Å². The highest BCUT2D eigenvalue weighted by Crippen LogP contribution is 2.43. The summed E-state index contributed by atoms with van der Waals surface area (Å²) in [5, 5.41) is 25.3. The number of carboxylic acid groups (broad SMARTS) is 1. The van der Waals surface area contributed by atoms with Crippen molar-refractivity contribution in [2.75, 3.05) is 23.8 Å². The highest BCUT2D eigenvalue weighted by molar-refractivity contribution is 8.06. The molecule has 1 saturated heterocycles. The zero-order valence-corrected chi connectivity index (χ0v) is 18.5. The maximum absolute atomic E-state index is 12.7. The number of nitrogen functional groups attached to an aromatic ring is 1. The highest BCUT2D eigenvalue weighted by atomic mass is 32.2. The number of aromatic nitrogens is 1. The fraction of sp³-hybridized carbons (Fsp3) is 0.294. The van der Waals surface area contributed by atoms with E-state index in [4.69, 9.17) is 10.5 Å². The summed E-state index contributed by atoms with van der Waals surface area (Å²) in [7, 11) is 0. The van der Waals surface area contributed by atoms with Crippen molar-refractivity contribution in [3.05, 3.63) is 33.3 Å². The van der Waals surface area contributed by atoms with Crippen LogP contribution in [0, 0.1) is 0 Å². The van der Waals surface area contributed by atoms with Gasteiger partial charge in [-0.3, -0.25) is 14.5 Å². The molecule has 1 fully saturated rings. The number of thiazole rings is 1. The van der Waals surface area contributed by atoms with Crippen molar-refractivity contribution in [2.45, 2.75) is 11.4 Å². The number of nitrogens with one attached hydrogen (secondary N) is 1. The third-order valence-electron chi connectivity index (χ3n) is 4.71. The van der Waals surface area contributed by atoms with Gasteiger partial charge in [0.2, 0.25) is 0 Å². The van der Waals surface area contributed by atoms with Crippen LogP contribution in [0.15, 0.2) is 32.8 Å². The van der Waals surface area contributed by atoms with Crippen LogP contribution in [-0.2, 0) is 23.9 Å². The van der Waals surface area contributed by atoms with Gasteiger partial charge in [0.25, 0.3) is 11.8 Å². The average molecular weight is 498 g/mol. The quantitative estimate of drug-likeness (QED) is 0.129. The summed E-state index contributed by atoms with van der Waals surface area (Å²) in [5.41, 5.74) is 5.44. The van der Waals surface area contributed by atoms with Gasteiger partial charge in [-0.25, -0.2) is 14.6 Å².